The molecule has 27 heavy (non-hydrogen) atoms. The molecule has 3 saturated carbocycles. The van der Waals surface area contributed by atoms with Crippen molar-refractivity contribution in [3.8, 4) is 0 Å². The molecule has 148 valence electrons. The van der Waals surface area contributed by atoms with E-state index in [-0.39, 0.29) is 40.7 Å². The summed E-state index contributed by atoms with van der Waals surface area (Å²) in [7, 11) is 0. The Morgan fingerprint density at radius 2 is 2.07 bits per heavy atom. The molecular formula is C22H29IO4. The molecule has 0 saturated heterocycles. The van der Waals surface area contributed by atoms with Crippen LogP contribution in [0.15, 0.2) is 23.8 Å². The fraction of sp³-hybridized carbons (Fsp3) is 0.727. The summed E-state index contributed by atoms with van der Waals surface area (Å²) in [6, 6.07) is 0. The lowest BCUT2D eigenvalue weighted by Gasteiger charge is -2.60. The fourth-order valence-corrected chi connectivity index (χ4v) is 7.95. The third-order valence-electron chi connectivity index (χ3n) is 8.55. The summed E-state index contributed by atoms with van der Waals surface area (Å²) in [5.41, 5.74) is -1.11. The zero-order valence-corrected chi connectivity index (χ0v) is 18.4. The van der Waals surface area contributed by atoms with Gasteiger partial charge in [0.2, 0.25) is 0 Å². The van der Waals surface area contributed by atoms with Crippen LogP contribution in [0.3, 0.4) is 0 Å². The van der Waals surface area contributed by atoms with Crippen LogP contribution in [0.4, 0.5) is 0 Å². The Hall–Kier alpha value is -0.530. The highest BCUT2D eigenvalue weighted by atomic mass is 127. The minimum atomic E-state index is -1.33. The minimum absolute atomic E-state index is 0.0272. The van der Waals surface area contributed by atoms with Crippen LogP contribution in [-0.2, 0) is 9.59 Å². The summed E-state index contributed by atoms with van der Waals surface area (Å²) in [6.45, 7) is 6.34. The number of aliphatic hydroxyl groups is 2. The molecule has 4 rings (SSSR count). The highest BCUT2D eigenvalue weighted by molar-refractivity contribution is 14.1. The maximum absolute atomic E-state index is 12.7. The van der Waals surface area contributed by atoms with E-state index in [9.17, 15) is 19.8 Å². The van der Waals surface area contributed by atoms with Crippen molar-refractivity contribution in [2.75, 3.05) is 4.43 Å². The van der Waals surface area contributed by atoms with E-state index in [0.29, 0.717) is 17.3 Å². The van der Waals surface area contributed by atoms with Crippen LogP contribution < -0.4 is 0 Å². The first-order chi connectivity index (χ1) is 12.6. The molecule has 0 bridgehead atoms. The average molecular weight is 484 g/mol. The van der Waals surface area contributed by atoms with Crippen LogP contribution in [0.25, 0.3) is 0 Å². The second kappa shape index (κ2) is 6.23. The van der Waals surface area contributed by atoms with E-state index in [4.69, 9.17) is 0 Å². The van der Waals surface area contributed by atoms with Gasteiger partial charge in [0, 0.05) is 16.7 Å². The largest absolute Gasteiger partial charge is 0.393 e. The highest BCUT2D eigenvalue weighted by Gasteiger charge is 2.68. The zero-order chi connectivity index (χ0) is 19.8. The molecule has 0 aromatic rings. The summed E-state index contributed by atoms with van der Waals surface area (Å²) in [5.74, 6) is 0.677. The van der Waals surface area contributed by atoms with E-state index in [1.807, 2.05) is 35.6 Å². The van der Waals surface area contributed by atoms with Gasteiger partial charge < -0.3 is 10.2 Å². The van der Waals surface area contributed by atoms with Crippen molar-refractivity contribution < 1.29 is 19.8 Å². The van der Waals surface area contributed by atoms with Crippen molar-refractivity contribution >= 4 is 34.2 Å². The monoisotopic (exact) mass is 484 g/mol. The lowest BCUT2D eigenvalue weighted by atomic mass is 9.45. The molecule has 0 aliphatic heterocycles. The first kappa shape index (κ1) is 19.8. The molecule has 4 nitrogen and oxygen atoms in total. The number of alkyl halides is 1. The molecule has 2 N–H and O–H groups in total. The van der Waals surface area contributed by atoms with Crippen LogP contribution in [0.5, 0.6) is 0 Å². The summed E-state index contributed by atoms with van der Waals surface area (Å²) in [6.07, 6.45) is 7.48. The van der Waals surface area contributed by atoms with Gasteiger partial charge in [-0.05, 0) is 55.6 Å². The Kier molecular flexibility index (Phi) is 4.56. The third kappa shape index (κ3) is 2.46. The maximum atomic E-state index is 12.7. The third-order valence-corrected chi connectivity index (χ3v) is 9.24. The van der Waals surface area contributed by atoms with E-state index in [1.54, 1.807) is 12.2 Å². The van der Waals surface area contributed by atoms with Gasteiger partial charge in [0.25, 0.3) is 0 Å². The molecule has 0 heterocycles. The van der Waals surface area contributed by atoms with Crippen LogP contribution >= 0.6 is 22.6 Å². The van der Waals surface area contributed by atoms with Crippen molar-refractivity contribution in [1.29, 1.82) is 0 Å². The smallest absolute Gasteiger partial charge is 0.178 e. The summed E-state index contributed by atoms with van der Waals surface area (Å²) in [5, 5.41) is 22.7. The van der Waals surface area contributed by atoms with Crippen LogP contribution in [-0.4, -0.2) is 37.9 Å². The summed E-state index contributed by atoms with van der Waals surface area (Å²) < 4.78 is 0.298. The zero-order valence-electron chi connectivity index (χ0n) is 16.2. The lowest BCUT2D eigenvalue weighted by molar-refractivity contribution is -0.176. The van der Waals surface area contributed by atoms with Crippen molar-refractivity contribution in [2.24, 2.45) is 34.5 Å². The SMILES string of the molecule is CC1C[C@@H]2[C@H](C(O)C[C@@]3(C)[C@H]2CC[C@]3(O)C(=O)CI)[C@@]2(C)C=CC(=O)C=C12. The van der Waals surface area contributed by atoms with E-state index < -0.39 is 17.1 Å². The molecule has 4 aliphatic rings. The van der Waals surface area contributed by atoms with Gasteiger partial charge in [-0.1, -0.05) is 55.0 Å². The molecule has 0 amide bonds. The van der Waals surface area contributed by atoms with Gasteiger partial charge >= 0.3 is 0 Å². The Morgan fingerprint density at radius 1 is 1.37 bits per heavy atom. The lowest BCUT2D eigenvalue weighted by Crippen LogP contribution is -2.62. The van der Waals surface area contributed by atoms with Crippen LogP contribution in [0.2, 0.25) is 0 Å². The summed E-state index contributed by atoms with van der Waals surface area (Å²) >= 11 is 2.04. The number of halogens is 1. The number of hydrogen-bond acceptors (Lipinski definition) is 4. The molecule has 0 aromatic heterocycles. The normalized spacial score (nSPS) is 51.3. The molecule has 0 aromatic carbocycles. The Bertz CT molecular complexity index is 757. The van der Waals surface area contributed by atoms with Gasteiger partial charge in [0.15, 0.2) is 11.6 Å². The number of ketones is 2. The number of Topliss-reactive ketones (excluding diaryl/α,β-unsaturated/α-hetero) is 1. The molecule has 2 unspecified atom stereocenters. The predicted octanol–water partition coefficient (Wildman–Crippen LogP) is 3.25. The number of carbonyl (C=O) groups excluding carboxylic acids is 2. The summed E-state index contributed by atoms with van der Waals surface area (Å²) in [4.78, 5) is 24.6. The van der Waals surface area contributed by atoms with E-state index in [0.717, 1.165) is 18.4 Å². The van der Waals surface area contributed by atoms with E-state index in [1.165, 1.54) is 0 Å². The van der Waals surface area contributed by atoms with Gasteiger partial charge in [-0.25, -0.2) is 0 Å². The first-order valence-electron chi connectivity index (χ1n) is 10.0. The van der Waals surface area contributed by atoms with Crippen LogP contribution in [0.1, 0.15) is 46.5 Å². The van der Waals surface area contributed by atoms with Gasteiger partial charge in [-0.3, -0.25) is 9.59 Å². The molecule has 3 fully saturated rings. The fourth-order valence-electron chi connectivity index (χ4n) is 7.32. The topological polar surface area (TPSA) is 74.6 Å². The number of carbonyl (C=O) groups is 2. The Balaban J connectivity index is 1.78. The highest BCUT2D eigenvalue weighted by Crippen LogP contribution is 2.67. The number of hydrogen-bond donors (Lipinski definition) is 2. The molecule has 0 spiro atoms. The van der Waals surface area contributed by atoms with Crippen molar-refractivity contribution in [1.82, 2.24) is 0 Å². The average Bonchev–Trinajstić information content (AvgIpc) is 2.87. The quantitative estimate of drug-likeness (QED) is 0.466. The molecule has 4 aliphatic carbocycles. The Morgan fingerprint density at radius 3 is 2.74 bits per heavy atom. The number of rotatable bonds is 2. The van der Waals surface area contributed by atoms with Crippen molar-refractivity contribution in [3.63, 3.8) is 0 Å². The van der Waals surface area contributed by atoms with Crippen LogP contribution in [0, 0.1) is 34.5 Å². The minimum Gasteiger partial charge on any atom is -0.393 e. The van der Waals surface area contributed by atoms with E-state index in [2.05, 4.69) is 13.8 Å². The first-order valence-corrected chi connectivity index (χ1v) is 11.6. The molecule has 8 atom stereocenters. The van der Waals surface area contributed by atoms with Gasteiger partial charge in [0.1, 0.15) is 5.60 Å². The molecule has 0 radical (unpaired) electrons. The predicted molar refractivity (Wildman–Crippen MR) is 111 cm³/mol. The number of aliphatic hydroxyl groups excluding tert-OH is 1. The van der Waals surface area contributed by atoms with Gasteiger partial charge in [0.05, 0.1) is 10.5 Å². The second-order valence-corrected chi connectivity index (χ2v) is 10.5. The van der Waals surface area contributed by atoms with E-state index >= 15 is 0 Å². The second-order valence-electron chi connectivity index (χ2n) is 9.70. The standard InChI is InChI=1S/C22H29IO4/c1-12-8-14-15-5-7-22(27,18(26)11-23)21(15,3)10-17(25)19(14)20(2)6-4-13(24)9-16(12)20/h4,6,9,12,14-15,17,19,25,27H,5,7-8,10-11H2,1-3H3/t12?,14-,15-,17?,19+,20-,21-,22-/m0/s1. The van der Waals surface area contributed by atoms with Crippen molar-refractivity contribution in [2.45, 2.75) is 58.2 Å². The molecular weight excluding hydrogens is 455 g/mol. The Labute approximate surface area is 174 Å². The number of allylic oxidation sites excluding steroid dienone is 4. The number of fused-ring (bicyclic) bond motifs is 5. The van der Waals surface area contributed by atoms with Gasteiger partial charge in [-0.2, -0.15) is 0 Å². The maximum Gasteiger partial charge on any atom is 0.178 e. The van der Waals surface area contributed by atoms with Gasteiger partial charge in [-0.15, -0.1) is 0 Å². The molecule has 5 heteroatoms. The van der Waals surface area contributed by atoms with Crippen molar-refractivity contribution in [3.05, 3.63) is 23.8 Å².